The van der Waals surface area contributed by atoms with Crippen molar-refractivity contribution in [2.24, 2.45) is 0 Å². The van der Waals surface area contributed by atoms with Crippen molar-refractivity contribution in [1.82, 2.24) is 0 Å². The van der Waals surface area contributed by atoms with Crippen LogP contribution in [0.4, 0.5) is 0 Å². The van der Waals surface area contributed by atoms with Crippen molar-refractivity contribution < 1.29 is 14.2 Å². The van der Waals surface area contributed by atoms with Crippen LogP contribution in [0.5, 0.6) is 23.0 Å². The van der Waals surface area contributed by atoms with Gasteiger partial charge in [0.25, 0.3) is 0 Å². The zero-order chi connectivity index (χ0) is 16.1. The number of ether oxygens (including phenoxy) is 3. The lowest BCUT2D eigenvalue weighted by molar-refractivity contribution is 0.411. The van der Waals surface area contributed by atoms with E-state index in [4.69, 9.17) is 14.2 Å². The van der Waals surface area contributed by atoms with Crippen LogP contribution in [-0.2, 0) is 0 Å². The van der Waals surface area contributed by atoms with Gasteiger partial charge in [-0.15, -0.1) is 0 Å². The molecule has 0 aliphatic carbocycles. The summed E-state index contributed by atoms with van der Waals surface area (Å²) in [5.41, 5.74) is 0. The maximum absolute atomic E-state index is 5.67. The second-order valence-electron chi connectivity index (χ2n) is 3.45. The number of benzene rings is 2. The molecule has 0 radical (unpaired) electrons. The number of rotatable bonds is 4. The van der Waals surface area contributed by atoms with Gasteiger partial charge in [0.05, 0.1) is 14.2 Å². The van der Waals surface area contributed by atoms with Gasteiger partial charge in [-0.2, -0.15) is 0 Å². The van der Waals surface area contributed by atoms with Crippen molar-refractivity contribution in [2.45, 2.75) is 27.7 Å². The second kappa shape index (κ2) is 11.6. The van der Waals surface area contributed by atoms with Crippen molar-refractivity contribution in [3.05, 3.63) is 48.5 Å². The largest absolute Gasteiger partial charge is 0.497 e. The molecule has 3 nitrogen and oxygen atoms in total. The lowest BCUT2D eigenvalue weighted by Gasteiger charge is -2.07. The average molecular weight is 290 g/mol. The first-order valence-electron chi connectivity index (χ1n) is 7.28. The standard InChI is InChI=1S/C14H14O3.2C2H6/c1-15-11-3-7-13(8-4-11)17-14-9-5-12(16-2)6-10-14;2*1-2/h3-10H,1-2H3;2*1-2H3. The molecule has 116 valence electrons. The van der Waals surface area contributed by atoms with E-state index in [1.54, 1.807) is 14.2 Å². The van der Waals surface area contributed by atoms with E-state index in [0.29, 0.717) is 0 Å². The molecule has 0 saturated heterocycles. The molecule has 2 aromatic rings. The summed E-state index contributed by atoms with van der Waals surface area (Å²) >= 11 is 0. The molecule has 0 amide bonds. The normalized spacial score (nSPS) is 8.48. The molecular weight excluding hydrogens is 264 g/mol. The third kappa shape index (κ3) is 6.70. The molecule has 2 aromatic carbocycles. The fourth-order valence-electron chi connectivity index (χ4n) is 1.42. The minimum Gasteiger partial charge on any atom is -0.497 e. The predicted octanol–water partition coefficient (Wildman–Crippen LogP) is 5.55. The summed E-state index contributed by atoms with van der Waals surface area (Å²) in [5, 5.41) is 0. The Morgan fingerprint density at radius 1 is 0.476 bits per heavy atom. The van der Waals surface area contributed by atoms with Gasteiger partial charge < -0.3 is 14.2 Å². The summed E-state index contributed by atoms with van der Waals surface area (Å²) in [6, 6.07) is 14.9. The third-order valence-corrected chi connectivity index (χ3v) is 2.35. The highest BCUT2D eigenvalue weighted by Crippen LogP contribution is 2.25. The highest BCUT2D eigenvalue weighted by Gasteiger charge is 1.98. The van der Waals surface area contributed by atoms with E-state index in [2.05, 4.69) is 0 Å². The summed E-state index contributed by atoms with van der Waals surface area (Å²) in [6.07, 6.45) is 0. The van der Waals surface area contributed by atoms with E-state index in [-0.39, 0.29) is 0 Å². The zero-order valence-corrected chi connectivity index (χ0v) is 13.8. The minimum absolute atomic E-state index is 0.774. The fraction of sp³-hybridized carbons (Fsp3) is 0.333. The van der Waals surface area contributed by atoms with Gasteiger partial charge in [-0.1, -0.05) is 27.7 Å². The van der Waals surface area contributed by atoms with E-state index >= 15 is 0 Å². The van der Waals surface area contributed by atoms with Crippen LogP contribution in [0.2, 0.25) is 0 Å². The van der Waals surface area contributed by atoms with Crippen LogP contribution in [0.15, 0.2) is 48.5 Å². The minimum atomic E-state index is 0.774. The summed E-state index contributed by atoms with van der Waals surface area (Å²) < 4.78 is 15.8. The van der Waals surface area contributed by atoms with Gasteiger partial charge in [-0.05, 0) is 48.5 Å². The highest BCUT2D eigenvalue weighted by atomic mass is 16.5. The Morgan fingerprint density at radius 3 is 0.952 bits per heavy atom. The molecule has 0 heterocycles. The Hall–Kier alpha value is -2.16. The van der Waals surface area contributed by atoms with Crippen molar-refractivity contribution in [3.63, 3.8) is 0 Å². The maximum Gasteiger partial charge on any atom is 0.127 e. The van der Waals surface area contributed by atoms with Crippen LogP contribution in [-0.4, -0.2) is 14.2 Å². The first kappa shape index (κ1) is 18.8. The van der Waals surface area contributed by atoms with E-state index < -0.39 is 0 Å². The van der Waals surface area contributed by atoms with Gasteiger partial charge in [-0.25, -0.2) is 0 Å². The van der Waals surface area contributed by atoms with Crippen molar-refractivity contribution in [2.75, 3.05) is 14.2 Å². The lowest BCUT2D eigenvalue weighted by Crippen LogP contribution is -1.86. The van der Waals surface area contributed by atoms with E-state index in [0.717, 1.165) is 23.0 Å². The second-order valence-corrected chi connectivity index (χ2v) is 3.45. The van der Waals surface area contributed by atoms with Gasteiger partial charge in [0.15, 0.2) is 0 Å². The molecular formula is C18H26O3. The Bertz CT molecular complexity index is 415. The van der Waals surface area contributed by atoms with Gasteiger partial charge >= 0.3 is 0 Å². The number of hydrogen-bond donors (Lipinski definition) is 0. The summed E-state index contributed by atoms with van der Waals surface area (Å²) in [7, 11) is 3.28. The van der Waals surface area contributed by atoms with Gasteiger partial charge in [0.2, 0.25) is 0 Å². The topological polar surface area (TPSA) is 27.7 Å². The Morgan fingerprint density at radius 2 is 0.714 bits per heavy atom. The zero-order valence-electron chi connectivity index (χ0n) is 13.8. The number of methoxy groups -OCH3 is 2. The third-order valence-electron chi connectivity index (χ3n) is 2.35. The first-order chi connectivity index (χ1) is 10.3. The van der Waals surface area contributed by atoms with Crippen LogP contribution in [0.3, 0.4) is 0 Å². The van der Waals surface area contributed by atoms with Gasteiger partial charge in [0.1, 0.15) is 23.0 Å². The molecule has 2 rings (SSSR count). The summed E-state index contributed by atoms with van der Waals surface area (Å²) in [5.74, 6) is 3.17. The molecule has 0 spiro atoms. The van der Waals surface area contributed by atoms with Gasteiger partial charge in [-0.3, -0.25) is 0 Å². The molecule has 0 aliphatic heterocycles. The molecule has 0 unspecified atom stereocenters. The van der Waals surface area contributed by atoms with Crippen LogP contribution in [0.1, 0.15) is 27.7 Å². The molecule has 0 bridgehead atoms. The first-order valence-corrected chi connectivity index (χ1v) is 7.28. The van der Waals surface area contributed by atoms with E-state index in [1.807, 2.05) is 76.2 Å². The fourth-order valence-corrected chi connectivity index (χ4v) is 1.42. The lowest BCUT2D eigenvalue weighted by atomic mass is 10.3. The van der Waals surface area contributed by atoms with E-state index in [9.17, 15) is 0 Å². The predicted molar refractivity (Wildman–Crippen MR) is 88.8 cm³/mol. The molecule has 0 aliphatic rings. The molecule has 0 N–H and O–H groups in total. The Labute approximate surface area is 128 Å². The highest BCUT2D eigenvalue weighted by molar-refractivity contribution is 5.37. The van der Waals surface area contributed by atoms with Crippen LogP contribution in [0.25, 0.3) is 0 Å². The smallest absolute Gasteiger partial charge is 0.127 e. The monoisotopic (exact) mass is 290 g/mol. The summed E-state index contributed by atoms with van der Waals surface area (Å²) in [4.78, 5) is 0. The molecule has 3 heteroatoms. The van der Waals surface area contributed by atoms with Crippen LogP contribution < -0.4 is 14.2 Å². The summed E-state index contributed by atoms with van der Waals surface area (Å²) in [6.45, 7) is 8.00. The SMILES string of the molecule is CC.CC.COc1ccc(Oc2ccc(OC)cc2)cc1. The maximum atomic E-state index is 5.67. The molecule has 21 heavy (non-hydrogen) atoms. The van der Waals surface area contributed by atoms with Crippen molar-refractivity contribution >= 4 is 0 Å². The van der Waals surface area contributed by atoms with Gasteiger partial charge in [0, 0.05) is 0 Å². The average Bonchev–Trinajstić information content (AvgIpc) is 2.60. The molecule has 0 aromatic heterocycles. The van der Waals surface area contributed by atoms with Crippen LogP contribution >= 0.6 is 0 Å². The number of hydrogen-bond acceptors (Lipinski definition) is 3. The van der Waals surface area contributed by atoms with E-state index in [1.165, 1.54) is 0 Å². The Balaban J connectivity index is 0.000000921. The quantitative estimate of drug-likeness (QED) is 0.739. The van der Waals surface area contributed by atoms with Crippen molar-refractivity contribution in [3.8, 4) is 23.0 Å². The molecule has 0 atom stereocenters. The Kier molecular flexibility index (Phi) is 10.5. The van der Waals surface area contributed by atoms with Crippen LogP contribution in [0, 0.1) is 0 Å². The molecule has 0 fully saturated rings. The molecule has 0 saturated carbocycles. The van der Waals surface area contributed by atoms with Crippen molar-refractivity contribution in [1.29, 1.82) is 0 Å².